The van der Waals surface area contributed by atoms with Crippen molar-refractivity contribution in [1.82, 2.24) is 24.5 Å². The van der Waals surface area contributed by atoms with Gasteiger partial charge in [0.1, 0.15) is 23.6 Å². The van der Waals surface area contributed by atoms with E-state index in [0.717, 1.165) is 45.0 Å². The number of aromatic amines is 1. The number of nitrogens with zero attached hydrogens (tertiary/aromatic N) is 4. The Labute approximate surface area is 168 Å². The summed E-state index contributed by atoms with van der Waals surface area (Å²) >= 11 is 0. The Kier molecular flexibility index (Phi) is 4.05. The Balaban J connectivity index is 1.66. The molecule has 0 aliphatic heterocycles. The van der Waals surface area contributed by atoms with E-state index in [-0.39, 0.29) is 0 Å². The van der Waals surface area contributed by atoms with Gasteiger partial charge in [-0.15, -0.1) is 0 Å². The Bertz CT molecular complexity index is 1290. The summed E-state index contributed by atoms with van der Waals surface area (Å²) in [5, 5.41) is 4.44. The first-order valence-corrected chi connectivity index (χ1v) is 9.72. The monoisotopic (exact) mass is 382 g/mol. The van der Waals surface area contributed by atoms with E-state index in [4.69, 9.17) is 4.98 Å². The van der Waals surface area contributed by atoms with Crippen LogP contribution in [0.2, 0.25) is 0 Å². The van der Waals surface area contributed by atoms with Gasteiger partial charge in [-0.1, -0.05) is 38.1 Å². The lowest BCUT2D eigenvalue weighted by atomic mass is 10.0. The molecular formula is C23H22N6. The first-order chi connectivity index (χ1) is 14.1. The molecule has 0 amide bonds. The highest BCUT2D eigenvalue weighted by molar-refractivity contribution is 6.01. The highest BCUT2D eigenvalue weighted by Gasteiger charge is 2.18. The summed E-state index contributed by atoms with van der Waals surface area (Å²) < 4.78 is 2.01. The van der Waals surface area contributed by atoms with Crippen LogP contribution < -0.4 is 5.32 Å². The zero-order valence-electron chi connectivity index (χ0n) is 16.6. The van der Waals surface area contributed by atoms with Gasteiger partial charge in [0.2, 0.25) is 0 Å². The second kappa shape index (κ2) is 6.74. The molecule has 29 heavy (non-hydrogen) atoms. The number of para-hydroxylation sites is 2. The molecule has 5 aromatic rings. The molecule has 0 aliphatic carbocycles. The van der Waals surface area contributed by atoms with Crippen molar-refractivity contribution in [2.24, 2.45) is 7.05 Å². The van der Waals surface area contributed by atoms with Crippen molar-refractivity contribution in [3.8, 4) is 11.4 Å². The maximum atomic E-state index is 4.78. The summed E-state index contributed by atoms with van der Waals surface area (Å²) in [6.07, 6.45) is 3.64. The SMILES string of the molecule is CC(C)c1cccc(Nc2ncnc3c2c(-c2nc4ccccc4[nH]2)cn3C)c1. The molecule has 0 atom stereocenters. The summed E-state index contributed by atoms with van der Waals surface area (Å²) in [6, 6.07) is 16.5. The quantitative estimate of drug-likeness (QED) is 0.438. The van der Waals surface area contributed by atoms with Crippen LogP contribution in [0.1, 0.15) is 25.3 Å². The molecule has 0 fully saturated rings. The van der Waals surface area contributed by atoms with Gasteiger partial charge in [0.25, 0.3) is 0 Å². The van der Waals surface area contributed by atoms with E-state index in [9.17, 15) is 0 Å². The molecule has 0 aliphatic rings. The lowest BCUT2D eigenvalue weighted by Crippen LogP contribution is -1.98. The highest BCUT2D eigenvalue weighted by Crippen LogP contribution is 2.34. The van der Waals surface area contributed by atoms with Crippen molar-refractivity contribution >= 4 is 33.6 Å². The number of anilines is 2. The van der Waals surface area contributed by atoms with E-state index in [1.807, 2.05) is 42.1 Å². The molecule has 6 heteroatoms. The fourth-order valence-electron chi connectivity index (χ4n) is 3.68. The molecule has 2 N–H and O–H groups in total. The molecule has 6 nitrogen and oxygen atoms in total. The molecule has 0 unspecified atom stereocenters. The van der Waals surface area contributed by atoms with Crippen molar-refractivity contribution < 1.29 is 0 Å². The molecule has 5 rings (SSSR count). The van der Waals surface area contributed by atoms with Gasteiger partial charge in [-0.3, -0.25) is 0 Å². The highest BCUT2D eigenvalue weighted by atomic mass is 15.1. The van der Waals surface area contributed by atoms with Crippen LogP contribution in [-0.4, -0.2) is 24.5 Å². The molecule has 0 spiro atoms. The second-order valence-electron chi connectivity index (χ2n) is 7.58. The van der Waals surface area contributed by atoms with E-state index in [2.05, 4.69) is 58.4 Å². The number of imidazole rings is 1. The van der Waals surface area contributed by atoms with Gasteiger partial charge in [-0.05, 0) is 35.7 Å². The Morgan fingerprint density at radius 2 is 1.90 bits per heavy atom. The van der Waals surface area contributed by atoms with Crippen molar-refractivity contribution in [2.45, 2.75) is 19.8 Å². The topological polar surface area (TPSA) is 71.4 Å². The molecule has 3 heterocycles. The first kappa shape index (κ1) is 17.4. The Hall–Kier alpha value is -3.67. The number of benzene rings is 2. The zero-order chi connectivity index (χ0) is 20.0. The number of fused-ring (bicyclic) bond motifs is 2. The molecule has 0 saturated carbocycles. The van der Waals surface area contributed by atoms with Gasteiger partial charge >= 0.3 is 0 Å². The van der Waals surface area contributed by atoms with Crippen LogP contribution in [0, 0.1) is 0 Å². The zero-order valence-corrected chi connectivity index (χ0v) is 16.6. The minimum absolute atomic E-state index is 0.463. The maximum Gasteiger partial charge on any atom is 0.145 e. The van der Waals surface area contributed by atoms with Crippen LogP contribution in [0.15, 0.2) is 61.1 Å². The van der Waals surface area contributed by atoms with Gasteiger partial charge in [-0.2, -0.15) is 0 Å². The van der Waals surface area contributed by atoms with Crippen molar-refractivity contribution in [3.05, 3.63) is 66.6 Å². The predicted molar refractivity (Wildman–Crippen MR) is 117 cm³/mol. The maximum absolute atomic E-state index is 4.78. The third-order valence-corrected chi connectivity index (χ3v) is 5.21. The summed E-state index contributed by atoms with van der Waals surface area (Å²) in [5.74, 6) is 2.04. The van der Waals surface area contributed by atoms with Crippen LogP contribution >= 0.6 is 0 Å². The molecule has 144 valence electrons. The van der Waals surface area contributed by atoms with Gasteiger partial charge < -0.3 is 14.9 Å². The summed E-state index contributed by atoms with van der Waals surface area (Å²) in [4.78, 5) is 17.3. The van der Waals surface area contributed by atoms with E-state index in [1.165, 1.54) is 5.56 Å². The molecule has 0 bridgehead atoms. The predicted octanol–water partition coefficient (Wildman–Crippen LogP) is 5.38. The number of aromatic nitrogens is 5. The lowest BCUT2D eigenvalue weighted by molar-refractivity contribution is 0.867. The number of hydrogen-bond donors (Lipinski definition) is 2. The molecule has 0 radical (unpaired) electrons. The molecule has 3 aromatic heterocycles. The molecule has 2 aromatic carbocycles. The van der Waals surface area contributed by atoms with Crippen LogP contribution in [0.5, 0.6) is 0 Å². The van der Waals surface area contributed by atoms with E-state index >= 15 is 0 Å². The van der Waals surface area contributed by atoms with Gasteiger partial charge in [0.05, 0.1) is 16.4 Å². The lowest BCUT2D eigenvalue weighted by Gasteiger charge is -2.11. The van der Waals surface area contributed by atoms with Gasteiger partial charge in [0.15, 0.2) is 0 Å². The van der Waals surface area contributed by atoms with E-state index in [0.29, 0.717) is 5.92 Å². The summed E-state index contributed by atoms with van der Waals surface area (Å²) in [7, 11) is 1.99. The standard InChI is InChI=1S/C23H22N6/c1-14(2)15-7-6-8-16(11-15)26-22-20-17(12-29(3)23(20)25-13-24-22)21-27-18-9-4-5-10-19(18)28-21/h4-14H,1-3H3,(H,27,28)(H,24,25,26). The van der Waals surface area contributed by atoms with Gasteiger partial charge in [0, 0.05) is 24.5 Å². The van der Waals surface area contributed by atoms with Crippen LogP contribution in [-0.2, 0) is 7.05 Å². The third-order valence-electron chi connectivity index (χ3n) is 5.21. The fraction of sp³-hybridized carbons (Fsp3) is 0.174. The average Bonchev–Trinajstić information content (AvgIpc) is 3.30. The normalized spacial score (nSPS) is 11.6. The van der Waals surface area contributed by atoms with Crippen LogP contribution in [0.3, 0.4) is 0 Å². The molecule has 0 saturated heterocycles. The van der Waals surface area contributed by atoms with Crippen molar-refractivity contribution in [3.63, 3.8) is 0 Å². The van der Waals surface area contributed by atoms with Crippen molar-refractivity contribution in [1.29, 1.82) is 0 Å². The second-order valence-corrected chi connectivity index (χ2v) is 7.58. The number of nitrogens with one attached hydrogen (secondary N) is 2. The van der Waals surface area contributed by atoms with Gasteiger partial charge in [-0.25, -0.2) is 15.0 Å². The number of hydrogen-bond acceptors (Lipinski definition) is 4. The van der Waals surface area contributed by atoms with E-state index < -0.39 is 0 Å². The van der Waals surface area contributed by atoms with E-state index in [1.54, 1.807) is 6.33 Å². The van der Waals surface area contributed by atoms with Crippen LogP contribution in [0.25, 0.3) is 33.5 Å². The van der Waals surface area contributed by atoms with Crippen LogP contribution in [0.4, 0.5) is 11.5 Å². The average molecular weight is 382 g/mol. The number of aryl methyl sites for hydroxylation is 1. The minimum atomic E-state index is 0.463. The smallest absolute Gasteiger partial charge is 0.145 e. The summed E-state index contributed by atoms with van der Waals surface area (Å²) in [6.45, 7) is 4.39. The first-order valence-electron chi connectivity index (χ1n) is 9.72. The van der Waals surface area contributed by atoms with Crippen molar-refractivity contribution in [2.75, 3.05) is 5.32 Å². The molecular weight excluding hydrogens is 360 g/mol. The Morgan fingerprint density at radius 3 is 2.72 bits per heavy atom. The fourth-order valence-corrected chi connectivity index (χ4v) is 3.68. The third kappa shape index (κ3) is 3.02. The number of rotatable bonds is 4. The summed E-state index contributed by atoms with van der Waals surface area (Å²) in [5.41, 5.74) is 6.08. The number of H-pyrrole nitrogens is 1. The minimum Gasteiger partial charge on any atom is -0.340 e. The Morgan fingerprint density at radius 1 is 1.03 bits per heavy atom. The largest absolute Gasteiger partial charge is 0.340 e.